The molecule has 1 fully saturated rings. The number of aliphatic hydroxyl groups excluding tert-OH is 4. The summed E-state index contributed by atoms with van der Waals surface area (Å²) >= 11 is 0. The fraction of sp³-hybridized carbons (Fsp3) is 0.889. The van der Waals surface area contributed by atoms with Crippen LogP contribution in [0.4, 0.5) is 0 Å². The topological polar surface area (TPSA) is 122 Å². The molecule has 1 aliphatic heterocycles. The van der Waals surface area contributed by atoms with Crippen LogP contribution in [0.25, 0.3) is 0 Å². The molecule has 0 aromatic rings. The molecule has 0 radical (unpaired) electrons. The zero-order valence-corrected chi connectivity index (χ0v) is 9.00. The third kappa shape index (κ3) is 2.50. The number of hydrogen-bond acceptors (Lipinski definition) is 6. The van der Waals surface area contributed by atoms with E-state index in [1.165, 1.54) is 0 Å². The van der Waals surface area contributed by atoms with Crippen LogP contribution in [-0.2, 0) is 4.79 Å². The van der Waals surface area contributed by atoms with Gasteiger partial charge in [0.2, 0.25) is 5.91 Å². The molecule has 1 heterocycles. The van der Waals surface area contributed by atoms with Crippen molar-refractivity contribution < 1.29 is 25.2 Å². The van der Waals surface area contributed by atoms with Gasteiger partial charge in [-0.1, -0.05) is 0 Å². The highest BCUT2D eigenvalue weighted by Crippen LogP contribution is 2.15. The molecule has 0 spiro atoms. The summed E-state index contributed by atoms with van der Waals surface area (Å²) in [5.41, 5.74) is 0. The van der Waals surface area contributed by atoms with E-state index in [2.05, 4.69) is 10.6 Å². The fourth-order valence-electron chi connectivity index (χ4n) is 1.74. The molecule has 1 aliphatic rings. The Balaban J connectivity index is 2.74. The fourth-order valence-corrected chi connectivity index (χ4v) is 1.74. The molecular weight excluding hydrogens is 216 g/mol. The van der Waals surface area contributed by atoms with E-state index in [-0.39, 0.29) is 0 Å². The van der Waals surface area contributed by atoms with E-state index in [0.29, 0.717) is 6.54 Å². The van der Waals surface area contributed by atoms with E-state index in [1.54, 1.807) is 6.92 Å². The lowest BCUT2D eigenvalue weighted by atomic mass is 9.90. The summed E-state index contributed by atoms with van der Waals surface area (Å²) < 4.78 is 0. The minimum Gasteiger partial charge on any atom is -0.395 e. The van der Waals surface area contributed by atoms with Gasteiger partial charge in [-0.25, -0.2) is 0 Å². The molecule has 1 saturated heterocycles. The van der Waals surface area contributed by atoms with Crippen molar-refractivity contribution in [3.63, 3.8) is 0 Å². The molecule has 0 bridgehead atoms. The van der Waals surface area contributed by atoms with Crippen molar-refractivity contribution in [3.05, 3.63) is 0 Å². The van der Waals surface area contributed by atoms with Gasteiger partial charge in [0, 0.05) is 6.54 Å². The monoisotopic (exact) mass is 234 g/mol. The van der Waals surface area contributed by atoms with Crippen molar-refractivity contribution in [2.75, 3.05) is 13.2 Å². The van der Waals surface area contributed by atoms with Crippen LogP contribution in [0.3, 0.4) is 0 Å². The van der Waals surface area contributed by atoms with E-state index < -0.39 is 42.9 Å². The first-order valence-electron chi connectivity index (χ1n) is 5.21. The Morgan fingerprint density at radius 2 is 1.88 bits per heavy atom. The van der Waals surface area contributed by atoms with Gasteiger partial charge in [0.1, 0.15) is 24.4 Å². The molecule has 16 heavy (non-hydrogen) atoms. The summed E-state index contributed by atoms with van der Waals surface area (Å²) in [6, 6.07) is -1.86. The molecule has 0 aliphatic carbocycles. The van der Waals surface area contributed by atoms with Crippen molar-refractivity contribution in [2.45, 2.75) is 37.3 Å². The second kappa shape index (κ2) is 5.55. The van der Waals surface area contributed by atoms with Crippen LogP contribution in [0.2, 0.25) is 0 Å². The minimum atomic E-state index is -1.45. The van der Waals surface area contributed by atoms with Crippen molar-refractivity contribution in [3.8, 4) is 0 Å². The van der Waals surface area contributed by atoms with Crippen LogP contribution in [0.5, 0.6) is 0 Å². The van der Waals surface area contributed by atoms with Gasteiger partial charge in [-0.05, 0) is 6.92 Å². The van der Waals surface area contributed by atoms with Gasteiger partial charge in [-0.3, -0.25) is 10.1 Å². The van der Waals surface area contributed by atoms with E-state index in [4.69, 9.17) is 5.11 Å². The number of rotatable bonds is 3. The predicted molar refractivity (Wildman–Crippen MR) is 54.5 cm³/mol. The number of hydrogen-bond donors (Lipinski definition) is 6. The molecule has 1 amide bonds. The Kier molecular flexibility index (Phi) is 4.63. The molecule has 2 unspecified atom stereocenters. The first-order valence-corrected chi connectivity index (χ1v) is 5.21. The summed E-state index contributed by atoms with van der Waals surface area (Å²) in [5, 5.41) is 42.6. The number of piperidine rings is 1. The first-order chi connectivity index (χ1) is 7.52. The molecule has 7 heteroatoms. The first kappa shape index (κ1) is 13.3. The zero-order chi connectivity index (χ0) is 12.3. The Morgan fingerprint density at radius 3 is 2.38 bits per heavy atom. The SMILES string of the molecule is CCNC(=O)[C@H]1N[C@H](CO)C(O)C(O)[C@@H]1O. The van der Waals surface area contributed by atoms with E-state index in [1.807, 2.05) is 0 Å². The lowest BCUT2D eigenvalue weighted by Gasteiger charge is -2.40. The number of aliphatic hydroxyl groups is 4. The van der Waals surface area contributed by atoms with Crippen LogP contribution in [0.1, 0.15) is 6.92 Å². The minimum absolute atomic E-state index is 0.395. The van der Waals surface area contributed by atoms with E-state index in [9.17, 15) is 20.1 Å². The number of nitrogens with one attached hydrogen (secondary N) is 2. The lowest BCUT2D eigenvalue weighted by molar-refractivity contribution is -0.145. The second-order valence-corrected chi connectivity index (χ2v) is 3.80. The summed E-state index contributed by atoms with van der Waals surface area (Å²) in [6.07, 6.45) is -4.15. The molecule has 6 N–H and O–H groups in total. The summed E-state index contributed by atoms with van der Waals surface area (Å²) in [5.74, 6) is -0.473. The number of carbonyl (C=O) groups is 1. The predicted octanol–water partition coefficient (Wildman–Crippen LogP) is -3.46. The van der Waals surface area contributed by atoms with Crippen LogP contribution in [-0.4, -0.2) is 69.9 Å². The summed E-state index contributed by atoms with van der Waals surface area (Å²) in [6.45, 7) is 1.69. The van der Waals surface area contributed by atoms with Crippen LogP contribution >= 0.6 is 0 Å². The average Bonchev–Trinajstić information content (AvgIpc) is 2.27. The molecule has 5 atom stereocenters. The summed E-state index contributed by atoms with van der Waals surface area (Å²) in [7, 11) is 0. The smallest absolute Gasteiger partial charge is 0.239 e. The van der Waals surface area contributed by atoms with Gasteiger partial charge in [0.15, 0.2) is 0 Å². The highest BCUT2D eigenvalue weighted by atomic mass is 16.4. The Hall–Kier alpha value is -0.730. The van der Waals surface area contributed by atoms with E-state index >= 15 is 0 Å². The van der Waals surface area contributed by atoms with Gasteiger partial charge in [-0.15, -0.1) is 0 Å². The molecule has 0 aromatic carbocycles. The highest BCUT2D eigenvalue weighted by molar-refractivity contribution is 5.82. The van der Waals surface area contributed by atoms with Crippen molar-refractivity contribution in [2.24, 2.45) is 0 Å². The highest BCUT2D eigenvalue weighted by Gasteiger charge is 2.44. The normalized spacial score (nSPS) is 39.4. The maximum Gasteiger partial charge on any atom is 0.239 e. The van der Waals surface area contributed by atoms with Gasteiger partial charge in [0.25, 0.3) is 0 Å². The van der Waals surface area contributed by atoms with Gasteiger partial charge in [-0.2, -0.15) is 0 Å². The Labute approximate surface area is 93.1 Å². The standard InChI is InChI=1S/C9H18N2O5/c1-2-10-9(16)5-7(14)8(15)6(13)4(3-12)11-5/h4-8,11-15H,2-3H2,1H3,(H,10,16)/t4-,5+,6?,7-,8?/m1/s1. The Bertz CT molecular complexity index is 248. The Morgan fingerprint density at radius 1 is 1.25 bits per heavy atom. The number of likely N-dealkylation sites (N-methyl/N-ethyl adjacent to an activating group) is 1. The third-order valence-electron chi connectivity index (χ3n) is 2.68. The average molecular weight is 234 g/mol. The van der Waals surface area contributed by atoms with Gasteiger partial charge < -0.3 is 25.7 Å². The largest absolute Gasteiger partial charge is 0.395 e. The maximum absolute atomic E-state index is 11.5. The zero-order valence-electron chi connectivity index (χ0n) is 9.00. The number of amides is 1. The molecule has 1 rings (SSSR count). The number of carbonyl (C=O) groups excluding carboxylic acids is 1. The molecule has 7 nitrogen and oxygen atoms in total. The maximum atomic E-state index is 11.5. The van der Waals surface area contributed by atoms with Crippen molar-refractivity contribution in [1.82, 2.24) is 10.6 Å². The second-order valence-electron chi connectivity index (χ2n) is 3.80. The van der Waals surface area contributed by atoms with Crippen LogP contribution in [0.15, 0.2) is 0 Å². The summed E-state index contributed by atoms with van der Waals surface area (Å²) in [4.78, 5) is 11.5. The lowest BCUT2D eigenvalue weighted by Crippen LogP contribution is -2.69. The van der Waals surface area contributed by atoms with Crippen molar-refractivity contribution >= 4 is 5.91 Å². The van der Waals surface area contributed by atoms with Gasteiger partial charge in [0.05, 0.1) is 12.6 Å². The van der Waals surface area contributed by atoms with Crippen molar-refractivity contribution in [1.29, 1.82) is 0 Å². The third-order valence-corrected chi connectivity index (χ3v) is 2.68. The van der Waals surface area contributed by atoms with Crippen LogP contribution in [0, 0.1) is 0 Å². The van der Waals surface area contributed by atoms with Crippen LogP contribution < -0.4 is 10.6 Å². The molecule has 0 saturated carbocycles. The van der Waals surface area contributed by atoms with E-state index in [0.717, 1.165) is 0 Å². The molecule has 0 aromatic heterocycles. The quantitative estimate of drug-likeness (QED) is 0.302. The molecule has 94 valence electrons. The molecular formula is C9H18N2O5. The van der Waals surface area contributed by atoms with Gasteiger partial charge >= 0.3 is 0 Å².